The lowest BCUT2D eigenvalue weighted by Crippen LogP contribution is -2.03. The molecule has 0 amide bonds. The second-order valence-corrected chi connectivity index (χ2v) is 7.92. The van der Waals surface area contributed by atoms with Crippen LogP contribution in [-0.2, 0) is 6.42 Å². The van der Waals surface area contributed by atoms with E-state index in [0.717, 1.165) is 23.1 Å². The van der Waals surface area contributed by atoms with Gasteiger partial charge in [-0.1, -0.05) is 86.5 Å². The Hall–Kier alpha value is -3.27. The zero-order valence-electron chi connectivity index (χ0n) is 18.0. The summed E-state index contributed by atoms with van der Waals surface area (Å²) in [6.07, 6.45) is 4.83. The van der Waals surface area contributed by atoms with Crippen LogP contribution >= 0.6 is 0 Å². The van der Waals surface area contributed by atoms with Crippen LogP contribution in [-0.4, -0.2) is 6.61 Å². The van der Waals surface area contributed by atoms with Crippen molar-refractivity contribution in [3.63, 3.8) is 0 Å². The Kier molecular flexibility index (Phi) is 6.79. The van der Waals surface area contributed by atoms with Crippen molar-refractivity contribution >= 4 is 10.8 Å². The van der Waals surface area contributed by atoms with E-state index in [1.54, 1.807) is 18.2 Å². The Bertz CT molecular complexity index is 1180. The number of benzene rings is 4. The third kappa shape index (κ3) is 4.96. The minimum atomic E-state index is -3.06. The number of unbranched alkanes of at least 4 members (excludes halogenated alkanes) is 2. The molecule has 0 aromatic heterocycles. The van der Waals surface area contributed by atoms with Crippen LogP contribution in [0.3, 0.4) is 0 Å². The summed E-state index contributed by atoms with van der Waals surface area (Å²) in [6, 6.07) is 25.0. The van der Waals surface area contributed by atoms with Crippen molar-refractivity contribution in [2.75, 3.05) is 0 Å². The lowest BCUT2D eigenvalue weighted by molar-refractivity contribution is -0.0520. The van der Waals surface area contributed by atoms with Crippen LogP contribution in [0.2, 0.25) is 0 Å². The van der Waals surface area contributed by atoms with E-state index in [1.807, 2.05) is 18.2 Å². The SMILES string of the molecule is CCCCCc1ccc(-c2ccc(-c3ccc4c(F)c(OC(F)F)ccc4c3)cc2)cc1. The van der Waals surface area contributed by atoms with Crippen LogP contribution in [0.15, 0.2) is 78.9 Å². The van der Waals surface area contributed by atoms with E-state index in [2.05, 4.69) is 48.1 Å². The summed E-state index contributed by atoms with van der Waals surface area (Å²) < 4.78 is 43.6. The molecule has 0 aliphatic carbocycles. The highest BCUT2D eigenvalue weighted by molar-refractivity contribution is 5.89. The molecule has 0 saturated heterocycles. The first-order chi connectivity index (χ1) is 15.5. The van der Waals surface area contributed by atoms with E-state index in [1.165, 1.54) is 36.5 Å². The number of fused-ring (bicyclic) bond motifs is 1. The van der Waals surface area contributed by atoms with E-state index < -0.39 is 18.2 Å². The zero-order valence-corrected chi connectivity index (χ0v) is 18.0. The van der Waals surface area contributed by atoms with Crippen molar-refractivity contribution in [1.29, 1.82) is 0 Å². The largest absolute Gasteiger partial charge is 0.432 e. The second-order valence-electron chi connectivity index (χ2n) is 7.92. The van der Waals surface area contributed by atoms with E-state index in [0.29, 0.717) is 5.39 Å². The summed E-state index contributed by atoms with van der Waals surface area (Å²) >= 11 is 0. The minimum Gasteiger partial charge on any atom is -0.432 e. The van der Waals surface area contributed by atoms with Gasteiger partial charge in [0, 0.05) is 5.39 Å². The standard InChI is InChI=1S/C28H25F3O/c1-2-3-4-5-19-6-8-20(9-7-19)21-10-12-22(13-11-21)23-14-16-25-24(18-23)15-17-26(27(25)29)32-28(30)31/h6-18,28H,2-5H2,1H3. The van der Waals surface area contributed by atoms with Gasteiger partial charge in [0.05, 0.1) is 0 Å². The van der Waals surface area contributed by atoms with Crippen molar-refractivity contribution in [3.05, 3.63) is 90.2 Å². The molecule has 0 aliphatic heterocycles. The monoisotopic (exact) mass is 434 g/mol. The van der Waals surface area contributed by atoms with Crippen molar-refractivity contribution in [1.82, 2.24) is 0 Å². The molecule has 32 heavy (non-hydrogen) atoms. The van der Waals surface area contributed by atoms with Crippen LogP contribution in [0, 0.1) is 5.82 Å². The van der Waals surface area contributed by atoms with Crippen molar-refractivity contribution < 1.29 is 17.9 Å². The molecule has 0 N–H and O–H groups in total. The Labute approximate surface area is 186 Å². The molecule has 4 heteroatoms. The lowest BCUT2D eigenvalue weighted by Gasteiger charge is -2.10. The fourth-order valence-electron chi connectivity index (χ4n) is 3.94. The Balaban J connectivity index is 1.53. The fraction of sp³-hybridized carbons (Fsp3) is 0.214. The topological polar surface area (TPSA) is 9.23 Å². The molecule has 164 valence electrons. The van der Waals surface area contributed by atoms with Gasteiger partial charge in [0.1, 0.15) is 0 Å². The molecule has 0 spiro atoms. The van der Waals surface area contributed by atoms with Gasteiger partial charge >= 0.3 is 6.61 Å². The first-order valence-electron chi connectivity index (χ1n) is 10.9. The normalized spacial score (nSPS) is 11.3. The fourth-order valence-corrected chi connectivity index (χ4v) is 3.94. The van der Waals surface area contributed by atoms with Crippen molar-refractivity contribution in [2.45, 2.75) is 39.2 Å². The van der Waals surface area contributed by atoms with Gasteiger partial charge in [-0.2, -0.15) is 8.78 Å². The van der Waals surface area contributed by atoms with Gasteiger partial charge in [0.15, 0.2) is 11.6 Å². The summed E-state index contributed by atoms with van der Waals surface area (Å²) in [5.74, 6) is -1.22. The summed E-state index contributed by atoms with van der Waals surface area (Å²) in [6.45, 7) is -0.845. The number of aryl methyl sites for hydroxylation is 1. The van der Waals surface area contributed by atoms with Gasteiger partial charge < -0.3 is 4.74 Å². The molecule has 0 radical (unpaired) electrons. The van der Waals surface area contributed by atoms with Gasteiger partial charge in [0.25, 0.3) is 0 Å². The number of hydrogen-bond acceptors (Lipinski definition) is 1. The van der Waals surface area contributed by atoms with Gasteiger partial charge in [-0.15, -0.1) is 0 Å². The van der Waals surface area contributed by atoms with E-state index in [4.69, 9.17) is 0 Å². The number of halogens is 3. The summed E-state index contributed by atoms with van der Waals surface area (Å²) in [4.78, 5) is 0. The molecule has 4 aromatic rings. The molecule has 0 saturated carbocycles. The average molecular weight is 435 g/mol. The molecule has 1 nitrogen and oxygen atoms in total. The Morgan fingerprint density at radius 1 is 0.719 bits per heavy atom. The predicted molar refractivity (Wildman–Crippen MR) is 125 cm³/mol. The van der Waals surface area contributed by atoms with Crippen LogP contribution in [0.4, 0.5) is 13.2 Å². The summed E-state index contributed by atoms with van der Waals surface area (Å²) in [7, 11) is 0. The van der Waals surface area contributed by atoms with Gasteiger partial charge in [0.2, 0.25) is 0 Å². The van der Waals surface area contributed by atoms with Gasteiger partial charge in [-0.3, -0.25) is 0 Å². The highest BCUT2D eigenvalue weighted by Crippen LogP contribution is 2.32. The predicted octanol–water partition coefficient (Wildman–Crippen LogP) is 8.65. The highest BCUT2D eigenvalue weighted by Gasteiger charge is 2.13. The average Bonchev–Trinajstić information content (AvgIpc) is 2.81. The van der Waals surface area contributed by atoms with Crippen LogP contribution < -0.4 is 4.74 Å². The first-order valence-corrected chi connectivity index (χ1v) is 10.9. The maximum absolute atomic E-state index is 14.5. The molecule has 0 fully saturated rings. The van der Waals surface area contributed by atoms with Crippen LogP contribution in [0.1, 0.15) is 31.7 Å². The van der Waals surface area contributed by atoms with Crippen molar-refractivity contribution in [3.8, 4) is 28.0 Å². The molecule has 4 aromatic carbocycles. The van der Waals surface area contributed by atoms with Crippen LogP contribution in [0.5, 0.6) is 5.75 Å². The molecule has 0 unspecified atom stereocenters. The number of alkyl halides is 2. The first kappa shape index (κ1) is 21.9. The molecular formula is C28H25F3O. The summed E-state index contributed by atoms with van der Waals surface area (Å²) in [5, 5.41) is 0.881. The molecule has 0 aliphatic rings. The molecule has 4 rings (SSSR count). The van der Waals surface area contributed by atoms with E-state index in [-0.39, 0.29) is 5.39 Å². The molecule has 0 bridgehead atoms. The number of hydrogen-bond donors (Lipinski definition) is 0. The minimum absolute atomic E-state index is 0.252. The van der Waals surface area contributed by atoms with Gasteiger partial charge in [-0.05, 0) is 58.2 Å². The maximum Gasteiger partial charge on any atom is 0.387 e. The van der Waals surface area contributed by atoms with Crippen LogP contribution in [0.25, 0.3) is 33.0 Å². The third-order valence-electron chi connectivity index (χ3n) is 5.71. The highest BCUT2D eigenvalue weighted by atomic mass is 19.3. The molecule has 0 heterocycles. The Morgan fingerprint density at radius 3 is 1.94 bits per heavy atom. The lowest BCUT2D eigenvalue weighted by atomic mass is 9.97. The Morgan fingerprint density at radius 2 is 1.31 bits per heavy atom. The summed E-state index contributed by atoms with van der Waals surface area (Å²) in [5.41, 5.74) is 5.60. The number of ether oxygens (including phenoxy) is 1. The smallest absolute Gasteiger partial charge is 0.387 e. The molecule has 0 atom stereocenters. The van der Waals surface area contributed by atoms with Crippen molar-refractivity contribution in [2.24, 2.45) is 0 Å². The third-order valence-corrected chi connectivity index (χ3v) is 5.71. The zero-order chi connectivity index (χ0) is 22.5. The maximum atomic E-state index is 14.5. The second kappa shape index (κ2) is 9.90. The molecular weight excluding hydrogens is 409 g/mol. The van der Waals surface area contributed by atoms with E-state index >= 15 is 0 Å². The quantitative estimate of drug-likeness (QED) is 0.252. The number of rotatable bonds is 8. The van der Waals surface area contributed by atoms with Gasteiger partial charge in [-0.25, -0.2) is 4.39 Å². The van der Waals surface area contributed by atoms with E-state index in [9.17, 15) is 13.2 Å².